The van der Waals surface area contributed by atoms with Crippen molar-refractivity contribution in [3.8, 4) is 5.75 Å². The molecule has 1 aromatic rings. The third-order valence-electron chi connectivity index (χ3n) is 12.7. The SMILES string of the molecule is CC[C@H](C)[C@H](N)C(=O)N[C@@H](CCCN=C(N)N)C(=O)N[C@@H](Cc1ccc(O)cc1)C(=O)N[C@@H](CCSC)C(=O)N[C@@H](CS)C(=O)N[C@@H](CO)C(=O)N[C@@H](CO)C(=O)N[C@H](C(=O)N[C@@H](CC(C)C)C(=O)N[C@@H](CCC(N)=O)C(=O)O)C(C)C. The molecule has 11 atom stereocenters. The molecule has 0 heterocycles. The highest BCUT2D eigenvalue weighted by molar-refractivity contribution is 7.98. The molecule has 0 spiro atoms. The van der Waals surface area contributed by atoms with Gasteiger partial charge in [-0.15, -0.1) is 0 Å². The molecule has 0 aliphatic rings. The van der Waals surface area contributed by atoms with E-state index in [-0.39, 0.29) is 75.0 Å². The molecule has 0 saturated carbocycles. The number of aliphatic hydroxyl groups excluding tert-OH is 2. The number of thiol groups is 1. The van der Waals surface area contributed by atoms with Crippen molar-refractivity contribution >= 4 is 95.4 Å². The molecule has 1 rings (SSSR count). The minimum Gasteiger partial charge on any atom is -0.508 e. The predicted octanol–water partition coefficient (Wildman–Crippen LogP) is -4.56. The van der Waals surface area contributed by atoms with E-state index in [1.165, 1.54) is 49.9 Å². The minimum atomic E-state index is -1.81. The van der Waals surface area contributed by atoms with Crippen LogP contribution in [0.2, 0.25) is 0 Å². The van der Waals surface area contributed by atoms with Gasteiger partial charge in [0.05, 0.1) is 19.3 Å². The van der Waals surface area contributed by atoms with Crippen molar-refractivity contribution in [2.75, 3.05) is 37.5 Å². The van der Waals surface area contributed by atoms with Crippen molar-refractivity contribution in [3.05, 3.63) is 29.8 Å². The maximum atomic E-state index is 14.3. The highest BCUT2D eigenvalue weighted by Gasteiger charge is 2.36. The number of hydrogen-bond acceptors (Lipinski definition) is 18. The molecule has 0 aliphatic heterocycles. The summed E-state index contributed by atoms with van der Waals surface area (Å²) >= 11 is 5.52. The largest absolute Gasteiger partial charge is 0.508 e. The molecule has 1 aromatic carbocycles. The number of aromatic hydroxyl groups is 1. The number of primary amides is 1. The van der Waals surface area contributed by atoms with Gasteiger partial charge in [0.15, 0.2) is 5.96 Å². The molecule has 0 aromatic heterocycles. The molecule has 31 heteroatoms. The quantitative estimate of drug-likeness (QED) is 0.0128. The highest BCUT2D eigenvalue weighted by Crippen LogP contribution is 2.15. The van der Waals surface area contributed by atoms with Crippen LogP contribution in [0, 0.1) is 17.8 Å². The fourth-order valence-corrected chi connectivity index (χ4v) is 8.38. The zero-order valence-corrected chi connectivity index (χ0v) is 49.1. The van der Waals surface area contributed by atoms with Gasteiger partial charge in [0.2, 0.25) is 59.1 Å². The number of phenolic OH excluding ortho intramolecular Hbond substituents is 1. The number of hydrogen-bond donors (Lipinski definition) is 18. The number of carbonyl (C=O) groups is 11. The first-order valence-electron chi connectivity index (χ1n) is 26.7. The number of amides is 10. The van der Waals surface area contributed by atoms with Crippen LogP contribution in [0.4, 0.5) is 0 Å². The van der Waals surface area contributed by atoms with Gasteiger partial charge in [0, 0.05) is 25.1 Å². The van der Waals surface area contributed by atoms with E-state index in [0.29, 0.717) is 17.7 Å². The first-order chi connectivity index (χ1) is 38.5. The van der Waals surface area contributed by atoms with E-state index < -0.39 is 150 Å². The molecular weight excluding hydrogens is 1110 g/mol. The third-order valence-corrected chi connectivity index (χ3v) is 13.7. The minimum absolute atomic E-state index is 0.0110. The number of aliphatic carboxylic acids is 1. The first-order valence-corrected chi connectivity index (χ1v) is 28.7. The van der Waals surface area contributed by atoms with Crippen molar-refractivity contribution in [2.24, 2.45) is 45.7 Å². The van der Waals surface area contributed by atoms with Crippen molar-refractivity contribution in [3.63, 3.8) is 0 Å². The van der Waals surface area contributed by atoms with E-state index in [1.54, 1.807) is 27.0 Å². The number of benzene rings is 1. The van der Waals surface area contributed by atoms with Crippen LogP contribution in [0.15, 0.2) is 29.3 Å². The summed E-state index contributed by atoms with van der Waals surface area (Å²) in [6.45, 7) is 8.13. The number of thioether (sulfide) groups is 1. The Kier molecular flexibility index (Phi) is 33.8. The summed E-state index contributed by atoms with van der Waals surface area (Å²) in [6, 6.07) is -8.60. The van der Waals surface area contributed by atoms with Crippen LogP contribution in [-0.2, 0) is 59.2 Å². The zero-order valence-electron chi connectivity index (χ0n) is 47.4. The molecule has 29 nitrogen and oxygen atoms in total. The predicted molar refractivity (Wildman–Crippen MR) is 308 cm³/mol. The number of aliphatic imine (C=N–C) groups is 1. The Balaban J connectivity index is 3.35. The van der Waals surface area contributed by atoms with Crippen LogP contribution in [0.25, 0.3) is 0 Å². The summed E-state index contributed by atoms with van der Waals surface area (Å²) in [6.07, 6.45) is 1.70. The number of phenols is 1. The number of rotatable bonds is 39. The van der Waals surface area contributed by atoms with Crippen LogP contribution in [0.5, 0.6) is 5.75 Å². The Morgan fingerprint density at radius 1 is 0.598 bits per heavy atom. The summed E-state index contributed by atoms with van der Waals surface area (Å²) in [4.78, 5) is 150. The van der Waals surface area contributed by atoms with E-state index in [4.69, 9.17) is 22.9 Å². The van der Waals surface area contributed by atoms with Gasteiger partial charge in [0.25, 0.3) is 0 Å². The number of guanidine groups is 1. The molecular formula is C51H86N14O15S2. The highest BCUT2D eigenvalue weighted by atomic mass is 32.2. The number of nitrogens with zero attached hydrogens (tertiary/aromatic N) is 1. The zero-order chi connectivity index (χ0) is 62.4. The normalized spacial score (nSPS) is 15.2. The number of nitrogens with one attached hydrogen (secondary N) is 9. The maximum Gasteiger partial charge on any atom is 0.326 e. The molecule has 10 amide bonds. The fraction of sp³-hybridized carbons (Fsp3) is 0.647. The second-order valence-corrected chi connectivity index (χ2v) is 21.6. The second-order valence-electron chi connectivity index (χ2n) is 20.3. The molecule has 82 heavy (non-hydrogen) atoms. The standard InChI is InChI=1S/C51H86N14O15S2/c1-8-27(6)39(53)48(77)58-30(10-9-18-56-51(54)55)41(70)60-34(21-28-11-13-29(68)14-12-28)44(73)57-31(17-19-82-7)42(71)64-37(24-81)47(76)63-35(22-66)45(74)62-36(23-67)46(75)65-40(26(4)5)49(78)61-33(20-25(2)3)43(72)59-32(50(79)80)15-16-38(52)69/h11-14,25-27,30-37,39-40,66-68,81H,8-10,15-24,53H2,1-7H3,(H2,52,69)(H,57,73)(H,58,77)(H,59,72)(H,60,70)(H,61,78)(H,62,74)(H,63,76)(H,64,71)(H,65,75)(H,79,80)(H4,54,55,56)/t27-,30-,31-,32-,33-,34-,35-,36-,37-,39-,40-/m0/s1. The second kappa shape index (κ2) is 37.9. The Hall–Kier alpha value is -6.96. The van der Waals surface area contributed by atoms with Crippen molar-refractivity contribution < 1.29 is 73.2 Å². The van der Waals surface area contributed by atoms with Crippen LogP contribution in [0.1, 0.15) is 92.1 Å². The fourth-order valence-electron chi connectivity index (χ4n) is 7.65. The Morgan fingerprint density at radius 2 is 1.05 bits per heavy atom. The number of nitrogens with two attached hydrogens (primary N) is 4. The molecule has 21 N–H and O–H groups in total. The van der Waals surface area contributed by atoms with Gasteiger partial charge in [-0.1, -0.05) is 60.1 Å². The van der Waals surface area contributed by atoms with Gasteiger partial charge >= 0.3 is 5.97 Å². The molecule has 0 unspecified atom stereocenters. The molecule has 0 radical (unpaired) electrons. The van der Waals surface area contributed by atoms with E-state index in [2.05, 4.69) is 65.5 Å². The average Bonchev–Trinajstić information content (AvgIpc) is 3.49. The van der Waals surface area contributed by atoms with Crippen molar-refractivity contribution in [1.29, 1.82) is 0 Å². The topological polar surface area (TPSA) is 493 Å². The van der Waals surface area contributed by atoms with Gasteiger partial charge in [-0.25, -0.2) is 4.79 Å². The molecule has 462 valence electrons. The Labute approximate surface area is 486 Å². The lowest BCUT2D eigenvalue weighted by Crippen LogP contribution is -2.62. The van der Waals surface area contributed by atoms with Gasteiger partial charge in [-0.2, -0.15) is 24.4 Å². The van der Waals surface area contributed by atoms with E-state index in [9.17, 15) is 73.2 Å². The van der Waals surface area contributed by atoms with Crippen molar-refractivity contribution in [2.45, 2.75) is 153 Å². The van der Waals surface area contributed by atoms with Gasteiger partial charge in [0.1, 0.15) is 60.1 Å². The smallest absolute Gasteiger partial charge is 0.326 e. The monoisotopic (exact) mass is 1200 g/mol. The summed E-state index contributed by atoms with van der Waals surface area (Å²) in [5.41, 5.74) is 22.7. The number of carbonyl (C=O) groups excluding carboxylic acids is 10. The van der Waals surface area contributed by atoms with Crippen LogP contribution in [0.3, 0.4) is 0 Å². The number of aliphatic hydroxyl groups is 2. The summed E-state index contributed by atoms with van der Waals surface area (Å²) in [5, 5.41) is 62.1. The lowest BCUT2D eigenvalue weighted by Gasteiger charge is -2.28. The van der Waals surface area contributed by atoms with Gasteiger partial charge in [-0.3, -0.25) is 52.9 Å². The molecule has 0 saturated heterocycles. The number of carboxylic acid groups (broad SMARTS) is 1. The molecule has 0 aliphatic carbocycles. The van der Waals surface area contributed by atoms with Crippen LogP contribution >= 0.6 is 24.4 Å². The van der Waals surface area contributed by atoms with E-state index in [0.717, 1.165) is 0 Å². The first kappa shape index (κ1) is 73.1. The third kappa shape index (κ3) is 26.7. The lowest BCUT2D eigenvalue weighted by molar-refractivity contribution is -0.143. The maximum absolute atomic E-state index is 14.3. The lowest BCUT2D eigenvalue weighted by atomic mass is 9.98. The Bertz CT molecular complexity index is 2330. The van der Waals surface area contributed by atoms with Crippen molar-refractivity contribution in [1.82, 2.24) is 47.9 Å². The average molecular weight is 1200 g/mol. The van der Waals surface area contributed by atoms with E-state index in [1.807, 2.05) is 6.92 Å². The molecule has 0 fully saturated rings. The van der Waals surface area contributed by atoms with Gasteiger partial charge in [-0.05, 0) is 79.6 Å². The molecule has 0 bridgehead atoms. The summed E-state index contributed by atoms with van der Waals surface area (Å²) < 4.78 is 0. The summed E-state index contributed by atoms with van der Waals surface area (Å²) in [5.74, 6) is -12.1. The summed E-state index contributed by atoms with van der Waals surface area (Å²) in [7, 11) is 0. The number of carboxylic acids is 1. The van der Waals surface area contributed by atoms with Gasteiger partial charge < -0.3 is 91.2 Å². The van der Waals surface area contributed by atoms with E-state index >= 15 is 0 Å². The Morgan fingerprint density at radius 3 is 1.54 bits per heavy atom. The van der Waals surface area contributed by atoms with Crippen LogP contribution in [-0.4, -0.2) is 189 Å². The van der Waals surface area contributed by atoms with Crippen LogP contribution < -0.4 is 70.8 Å².